The summed E-state index contributed by atoms with van der Waals surface area (Å²) < 4.78 is 13.2. The van der Waals surface area contributed by atoms with Crippen molar-refractivity contribution in [2.45, 2.75) is 25.4 Å². The zero-order valence-electron chi connectivity index (χ0n) is 11.1. The molecule has 0 unspecified atom stereocenters. The Labute approximate surface area is 115 Å². The summed E-state index contributed by atoms with van der Waals surface area (Å²) in [5.74, 6) is -2.10. The number of rotatable bonds is 2. The number of carboxylic acids is 1. The molecule has 1 aromatic carbocycles. The van der Waals surface area contributed by atoms with Crippen molar-refractivity contribution in [3.63, 3.8) is 0 Å². The first-order chi connectivity index (χ1) is 9.33. The van der Waals surface area contributed by atoms with Crippen LogP contribution in [0.25, 0.3) is 0 Å². The van der Waals surface area contributed by atoms with Crippen LogP contribution in [0, 0.1) is 12.7 Å². The predicted octanol–water partition coefficient (Wildman–Crippen LogP) is 1.19. The molecular formula is C14H16FNO4. The molecule has 0 radical (unpaired) electrons. The van der Waals surface area contributed by atoms with Crippen LogP contribution < -0.4 is 0 Å². The van der Waals surface area contributed by atoms with E-state index in [1.807, 2.05) is 0 Å². The molecule has 0 atom stereocenters. The molecule has 1 heterocycles. The maximum Gasteiger partial charge on any atom is 0.335 e. The van der Waals surface area contributed by atoms with E-state index in [1.54, 1.807) is 6.92 Å². The van der Waals surface area contributed by atoms with Gasteiger partial charge in [0.2, 0.25) is 0 Å². The van der Waals surface area contributed by atoms with E-state index in [9.17, 15) is 19.1 Å². The number of likely N-dealkylation sites (tertiary alicyclic amines) is 1. The van der Waals surface area contributed by atoms with Crippen molar-refractivity contribution in [1.29, 1.82) is 0 Å². The number of aliphatic carboxylic acids is 1. The van der Waals surface area contributed by atoms with Gasteiger partial charge < -0.3 is 15.1 Å². The summed E-state index contributed by atoms with van der Waals surface area (Å²) in [6.45, 7) is 1.99. The van der Waals surface area contributed by atoms with Crippen LogP contribution in [0.15, 0.2) is 18.2 Å². The zero-order valence-corrected chi connectivity index (χ0v) is 11.1. The predicted molar refractivity (Wildman–Crippen MR) is 68.9 cm³/mol. The molecule has 0 aliphatic carbocycles. The second-order valence-electron chi connectivity index (χ2n) is 5.09. The van der Waals surface area contributed by atoms with Gasteiger partial charge in [-0.3, -0.25) is 4.79 Å². The number of carbonyl (C=O) groups excluding carboxylic acids is 1. The number of piperidine rings is 1. The molecule has 1 fully saturated rings. The van der Waals surface area contributed by atoms with Crippen molar-refractivity contribution in [1.82, 2.24) is 4.90 Å². The molecule has 108 valence electrons. The second kappa shape index (κ2) is 5.20. The van der Waals surface area contributed by atoms with Gasteiger partial charge in [-0.05, 0) is 24.6 Å². The summed E-state index contributed by atoms with van der Waals surface area (Å²) in [7, 11) is 0. The fourth-order valence-electron chi connectivity index (χ4n) is 2.29. The molecule has 0 saturated carbocycles. The van der Waals surface area contributed by atoms with E-state index in [0.717, 1.165) is 0 Å². The van der Waals surface area contributed by atoms with Gasteiger partial charge in [-0.25, -0.2) is 9.18 Å². The fourth-order valence-corrected chi connectivity index (χ4v) is 2.29. The summed E-state index contributed by atoms with van der Waals surface area (Å²) in [5.41, 5.74) is -0.838. The minimum absolute atomic E-state index is 0.0254. The fraction of sp³-hybridized carbons (Fsp3) is 0.429. The molecule has 6 heteroatoms. The van der Waals surface area contributed by atoms with Gasteiger partial charge in [0, 0.05) is 31.5 Å². The Kier molecular flexibility index (Phi) is 3.76. The number of hydrogen-bond acceptors (Lipinski definition) is 3. The Hall–Kier alpha value is -1.95. The van der Waals surface area contributed by atoms with Crippen LogP contribution in [0.2, 0.25) is 0 Å². The molecule has 0 bridgehead atoms. The minimum Gasteiger partial charge on any atom is -0.479 e. The maximum absolute atomic E-state index is 13.2. The maximum atomic E-state index is 13.2. The lowest BCUT2D eigenvalue weighted by Crippen LogP contribution is -2.50. The molecule has 1 aromatic rings. The van der Waals surface area contributed by atoms with Gasteiger partial charge in [0.25, 0.3) is 5.91 Å². The summed E-state index contributed by atoms with van der Waals surface area (Å²) >= 11 is 0. The van der Waals surface area contributed by atoms with Crippen molar-refractivity contribution in [2.24, 2.45) is 0 Å². The van der Waals surface area contributed by atoms with Gasteiger partial charge in [0.15, 0.2) is 5.60 Å². The smallest absolute Gasteiger partial charge is 0.335 e. The highest BCUT2D eigenvalue weighted by molar-refractivity contribution is 5.95. The molecule has 0 aromatic heterocycles. The zero-order chi connectivity index (χ0) is 14.9. The Balaban J connectivity index is 2.13. The van der Waals surface area contributed by atoms with Crippen LogP contribution in [-0.4, -0.2) is 45.7 Å². The third-order valence-corrected chi connectivity index (χ3v) is 3.71. The topological polar surface area (TPSA) is 77.8 Å². The molecule has 5 nitrogen and oxygen atoms in total. The van der Waals surface area contributed by atoms with Gasteiger partial charge in [-0.1, -0.05) is 6.07 Å². The molecule has 1 aliphatic heterocycles. The van der Waals surface area contributed by atoms with E-state index in [4.69, 9.17) is 5.11 Å². The largest absolute Gasteiger partial charge is 0.479 e. The van der Waals surface area contributed by atoms with Gasteiger partial charge in [-0.2, -0.15) is 0 Å². The number of aryl methyl sites for hydroxylation is 1. The van der Waals surface area contributed by atoms with Gasteiger partial charge >= 0.3 is 5.97 Å². The molecule has 1 amide bonds. The first-order valence-corrected chi connectivity index (χ1v) is 6.35. The van der Waals surface area contributed by atoms with Crippen molar-refractivity contribution < 1.29 is 24.2 Å². The Morgan fingerprint density at radius 3 is 2.45 bits per heavy atom. The third-order valence-electron chi connectivity index (χ3n) is 3.71. The highest BCUT2D eigenvalue weighted by Gasteiger charge is 2.40. The number of carboxylic acid groups (broad SMARTS) is 1. The van der Waals surface area contributed by atoms with E-state index in [-0.39, 0.29) is 37.4 Å². The van der Waals surface area contributed by atoms with Crippen molar-refractivity contribution >= 4 is 11.9 Å². The summed E-state index contributed by atoms with van der Waals surface area (Å²) in [6.07, 6.45) is -0.0507. The van der Waals surface area contributed by atoms with Crippen molar-refractivity contribution in [3.05, 3.63) is 35.1 Å². The first-order valence-electron chi connectivity index (χ1n) is 6.35. The summed E-state index contributed by atoms with van der Waals surface area (Å²) in [4.78, 5) is 24.6. The van der Waals surface area contributed by atoms with E-state index in [1.165, 1.54) is 23.1 Å². The van der Waals surface area contributed by atoms with Gasteiger partial charge in [0.05, 0.1) is 0 Å². The minimum atomic E-state index is -1.77. The summed E-state index contributed by atoms with van der Waals surface area (Å²) in [6, 6.07) is 3.99. The second-order valence-corrected chi connectivity index (χ2v) is 5.09. The monoisotopic (exact) mass is 281 g/mol. The van der Waals surface area contributed by atoms with Crippen LogP contribution in [0.4, 0.5) is 4.39 Å². The average Bonchev–Trinajstić information content (AvgIpc) is 2.41. The van der Waals surface area contributed by atoms with Crippen LogP contribution in [0.3, 0.4) is 0 Å². The third kappa shape index (κ3) is 2.65. The number of benzene rings is 1. The number of halogens is 1. The Morgan fingerprint density at radius 2 is 1.90 bits per heavy atom. The van der Waals surface area contributed by atoms with E-state index < -0.39 is 17.4 Å². The SMILES string of the molecule is Cc1ccc(F)cc1C(=O)N1CCC(O)(C(=O)O)CC1. The van der Waals surface area contributed by atoms with Crippen LogP contribution >= 0.6 is 0 Å². The lowest BCUT2D eigenvalue weighted by atomic mass is 9.91. The average molecular weight is 281 g/mol. The number of carbonyl (C=O) groups is 2. The lowest BCUT2D eigenvalue weighted by Gasteiger charge is -2.35. The quantitative estimate of drug-likeness (QED) is 0.853. The Morgan fingerprint density at radius 1 is 1.30 bits per heavy atom. The molecule has 20 heavy (non-hydrogen) atoms. The normalized spacial score (nSPS) is 17.9. The Bertz CT molecular complexity index is 550. The highest BCUT2D eigenvalue weighted by atomic mass is 19.1. The van der Waals surface area contributed by atoms with Gasteiger partial charge in [-0.15, -0.1) is 0 Å². The summed E-state index contributed by atoms with van der Waals surface area (Å²) in [5, 5.41) is 18.7. The number of aliphatic hydroxyl groups is 1. The molecule has 1 saturated heterocycles. The number of nitrogens with zero attached hydrogens (tertiary/aromatic N) is 1. The first kappa shape index (κ1) is 14.5. The van der Waals surface area contributed by atoms with Crippen LogP contribution in [0.5, 0.6) is 0 Å². The number of hydrogen-bond donors (Lipinski definition) is 2. The molecular weight excluding hydrogens is 265 g/mol. The molecule has 2 N–H and O–H groups in total. The van der Waals surface area contributed by atoms with Crippen molar-refractivity contribution in [3.8, 4) is 0 Å². The van der Waals surface area contributed by atoms with Crippen LogP contribution in [0.1, 0.15) is 28.8 Å². The molecule has 1 aliphatic rings. The lowest BCUT2D eigenvalue weighted by molar-refractivity contribution is -0.162. The van der Waals surface area contributed by atoms with E-state index in [2.05, 4.69) is 0 Å². The highest BCUT2D eigenvalue weighted by Crippen LogP contribution is 2.24. The molecule has 0 spiro atoms. The van der Waals surface area contributed by atoms with E-state index >= 15 is 0 Å². The number of amides is 1. The van der Waals surface area contributed by atoms with Crippen LogP contribution in [-0.2, 0) is 4.79 Å². The molecule has 2 rings (SSSR count). The standard InChI is InChI=1S/C14H16FNO4/c1-9-2-3-10(15)8-11(9)12(17)16-6-4-14(20,5-7-16)13(18)19/h2-3,8,20H,4-7H2,1H3,(H,18,19). The van der Waals surface area contributed by atoms with Gasteiger partial charge in [0.1, 0.15) is 5.82 Å². The van der Waals surface area contributed by atoms with E-state index in [0.29, 0.717) is 5.56 Å². The van der Waals surface area contributed by atoms with Crippen molar-refractivity contribution in [2.75, 3.05) is 13.1 Å².